The van der Waals surface area contributed by atoms with E-state index in [1.165, 1.54) is 101 Å². The molecule has 0 fully saturated rings. The zero-order valence-corrected chi connectivity index (χ0v) is 40.0. The molecule has 0 bridgehead atoms. The summed E-state index contributed by atoms with van der Waals surface area (Å²) in [5, 5.41) is 0. The molecular formula is C60H68N4. The second kappa shape index (κ2) is 18.8. The molecule has 5 aromatic carbocycles. The molecule has 1 aliphatic carbocycles. The van der Waals surface area contributed by atoms with Crippen molar-refractivity contribution in [3.63, 3.8) is 0 Å². The summed E-state index contributed by atoms with van der Waals surface area (Å²) < 4.78 is 0. The van der Waals surface area contributed by atoms with E-state index in [9.17, 15) is 0 Å². The maximum absolute atomic E-state index is 5.17. The smallest absolute Gasteiger partial charge is 0.165 e. The van der Waals surface area contributed by atoms with Crippen molar-refractivity contribution in [3.8, 4) is 67.7 Å². The van der Waals surface area contributed by atoms with Crippen molar-refractivity contribution in [1.29, 1.82) is 0 Å². The topological polar surface area (TPSA) is 51.6 Å². The van der Waals surface area contributed by atoms with Crippen LogP contribution in [0, 0.1) is 6.92 Å². The summed E-state index contributed by atoms with van der Waals surface area (Å²) in [6.45, 7) is 20.3. The van der Waals surface area contributed by atoms with Gasteiger partial charge in [0.15, 0.2) is 17.5 Å². The first kappa shape index (κ1) is 44.9. The van der Waals surface area contributed by atoms with Crippen LogP contribution >= 0.6 is 0 Å². The number of fused-ring (bicyclic) bond motifs is 3. The lowest BCUT2D eigenvalue weighted by atomic mass is 9.70. The summed E-state index contributed by atoms with van der Waals surface area (Å²) >= 11 is 0. The molecule has 8 rings (SSSR count). The number of rotatable bonds is 15. The lowest BCUT2D eigenvalue weighted by molar-refractivity contribution is 0.401. The first-order valence-electron chi connectivity index (χ1n) is 24.1. The molecule has 328 valence electrons. The van der Waals surface area contributed by atoms with Gasteiger partial charge < -0.3 is 0 Å². The molecule has 4 nitrogen and oxygen atoms in total. The molecule has 2 aromatic heterocycles. The largest absolute Gasteiger partial charge is 0.255 e. The zero-order valence-electron chi connectivity index (χ0n) is 40.0. The number of hydrogen-bond acceptors (Lipinski definition) is 4. The molecular weight excluding hydrogens is 777 g/mol. The fourth-order valence-electron chi connectivity index (χ4n) is 9.79. The summed E-state index contributed by atoms with van der Waals surface area (Å²) in [7, 11) is 0. The third-order valence-corrected chi connectivity index (χ3v) is 13.7. The molecule has 0 N–H and O–H groups in total. The lowest BCUT2D eigenvalue weighted by Crippen LogP contribution is -2.25. The van der Waals surface area contributed by atoms with Gasteiger partial charge in [-0.25, -0.2) is 15.0 Å². The SMILES string of the molecule is CCCCCCC1(CCCCCC)c2cc(-c3ccc(-c4nc(-c5ccc(C(C)(C)C)cc5)nc(-c5ccc(C(C)(C)C)cc5)n4)cn3)ccc2-c2ccc(-c3ccccc3C)cc21. The van der Waals surface area contributed by atoms with Crippen molar-refractivity contribution < 1.29 is 0 Å². The predicted octanol–water partition coefficient (Wildman–Crippen LogP) is 16.7. The summed E-state index contributed by atoms with van der Waals surface area (Å²) in [5.74, 6) is 1.93. The third-order valence-electron chi connectivity index (χ3n) is 13.7. The molecule has 0 spiro atoms. The maximum atomic E-state index is 5.17. The monoisotopic (exact) mass is 845 g/mol. The highest BCUT2D eigenvalue weighted by Crippen LogP contribution is 2.56. The Hall–Kier alpha value is -5.74. The van der Waals surface area contributed by atoms with Crippen LogP contribution in [0.5, 0.6) is 0 Å². The van der Waals surface area contributed by atoms with Gasteiger partial charge in [0.1, 0.15) is 0 Å². The summed E-state index contributed by atoms with van der Waals surface area (Å²) in [5.41, 5.74) is 17.2. The summed E-state index contributed by atoms with van der Waals surface area (Å²) in [6.07, 6.45) is 14.3. The number of benzene rings is 5. The first-order valence-corrected chi connectivity index (χ1v) is 24.1. The molecule has 0 saturated carbocycles. The second-order valence-electron chi connectivity index (χ2n) is 20.4. The molecule has 0 aliphatic heterocycles. The highest BCUT2D eigenvalue weighted by Gasteiger charge is 2.42. The van der Waals surface area contributed by atoms with E-state index < -0.39 is 0 Å². The normalized spacial score (nSPS) is 13.2. The van der Waals surface area contributed by atoms with E-state index in [4.69, 9.17) is 19.9 Å². The Bertz CT molecular complexity index is 2610. The van der Waals surface area contributed by atoms with E-state index >= 15 is 0 Å². The standard InChI is InChI=1S/C60H68N4/c1-10-12-14-18-36-60(37-19-15-13-11-2)52-38-44(49-21-17-16-20-41(49)3)26-33-50(52)51-34-27-45(39-53(51)60)54-35-28-46(40-61-54)57-63-55(42-22-29-47(30-23-42)58(4,5)6)62-56(64-57)43-24-31-48(32-25-43)59(7,8)9/h16-17,20-35,38-40H,10-15,18-19,36-37H2,1-9H3. The van der Waals surface area contributed by atoms with Gasteiger partial charge >= 0.3 is 0 Å². The van der Waals surface area contributed by atoms with E-state index in [1.807, 2.05) is 6.20 Å². The van der Waals surface area contributed by atoms with Crippen molar-refractivity contribution in [2.75, 3.05) is 0 Å². The van der Waals surface area contributed by atoms with E-state index in [0.717, 1.165) is 40.8 Å². The van der Waals surface area contributed by atoms with Gasteiger partial charge in [0.25, 0.3) is 0 Å². The molecule has 1 aliphatic rings. The van der Waals surface area contributed by atoms with Crippen LogP contribution in [-0.2, 0) is 16.2 Å². The van der Waals surface area contributed by atoms with Crippen LogP contribution in [0.15, 0.2) is 128 Å². The molecule has 0 saturated heterocycles. The van der Waals surface area contributed by atoms with Gasteiger partial charge in [0.05, 0.1) is 5.69 Å². The number of unbranched alkanes of at least 4 members (excludes halogenated alkanes) is 6. The van der Waals surface area contributed by atoms with Gasteiger partial charge in [0.2, 0.25) is 0 Å². The minimum absolute atomic E-state index is 0.0470. The second-order valence-corrected chi connectivity index (χ2v) is 20.4. The van der Waals surface area contributed by atoms with Gasteiger partial charge in [0, 0.05) is 33.9 Å². The van der Waals surface area contributed by atoms with Crippen LogP contribution in [0.3, 0.4) is 0 Å². The average molecular weight is 845 g/mol. The Balaban J connectivity index is 1.19. The molecule has 0 amide bonds. The van der Waals surface area contributed by atoms with Crippen LogP contribution in [0.2, 0.25) is 0 Å². The Kier molecular flexibility index (Phi) is 13.2. The fraction of sp³-hybridized carbons (Fsp3) is 0.367. The van der Waals surface area contributed by atoms with Crippen molar-refractivity contribution in [3.05, 3.63) is 155 Å². The van der Waals surface area contributed by atoms with E-state index in [1.54, 1.807) is 0 Å². The van der Waals surface area contributed by atoms with Crippen LogP contribution < -0.4 is 0 Å². The number of aryl methyl sites for hydroxylation is 1. The molecule has 7 aromatic rings. The number of hydrogen-bond donors (Lipinski definition) is 0. The quantitative estimate of drug-likeness (QED) is 0.0965. The number of pyridine rings is 1. The highest BCUT2D eigenvalue weighted by molar-refractivity contribution is 5.86. The minimum atomic E-state index is -0.0470. The van der Waals surface area contributed by atoms with Gasteiger partial charge in [-0.2, -0.15) is 0 Å². The lowest BCUT2D eigenvalue weighted by Gasteiger charge is -2.33. The zero-order chi connectivity index (χ0) is 45.1. The average Bonchev–Trinajstić information content (AvgIpc) is 3.56. The third kappa shape index (κ3) is 9.39. The Morgan fingerprint density at radius 1 is 0.438 bits per heavy atom. The van der Waals surface area contributed by atoms with Crippen molar-refractivity contribution >= 4 is 0 Å². The number of aromatic nitrogens is 4. The van der Waals surface area contributed by atoms with Crippen LogP contribution in [0.1, 0.15) is 147 Å². The van der Waals surface area contributed by atoms with E-state index in [-0.39, 0.29) is 16.2 Å². The molecule has 64 heavy (non-hydrogen) atoms. The van der Waals surface area contributed by atoms with E-state index in [2.05, 4.69) is 184 Å². The van der Waals surface area contributed by atoms with Gasteiger partial charge in [-0.1, -0.05) is 204 Å². The molecule has 0 unspecified atom stereocenters. The van der Waals surface area contributed by atoms with Crippen molar-refractivity contribution in [2.45, 2.75) is 143 Å². The van der Waals surface area contributed by atoms with Gasteiger partial charge in [-0.3, -0.25) is 4.98 Å². The Morgan fingerprint density at radius 2 is 0.891 bits per heavy atom. The van der Waals surface area contributed by atoms with Gasteiger partial charge in [-0.15, -0.1) is 0 Å². The number of nitrogens with zero attached hydrogens (tertiary/aromatic N) is 4. The fourth-order valence-corrected chi connectivity index (χ4v) is 9.79. The van der Waals surface area contributed by atoms with Crippen LogP contribution in [0.25, 0.3) is 67.7 Å². The molecule has 0 radical (unpaired) electrons. The van der Waals surface area contributed by atoms with Crippen molar-refractivity contribution in [2.24, 2.45) is 0 Å². The van der Waals surface area contributed by atoms with Gasteiger partial charge in [-0.05, 0) is 105 Å². The van der Waals surface area contributed by atoms with Crippen molar-refractivity contribution in [1.82, 2.24) is 19.9 Å². The van der Waals surface area contributed by atoms with Crippen LogP contribution in [-0.4, -0.2) is 19.9 Å². The van der Waals surface area contributed by atoms with Crippen LogP contribution in [0.4, 0.5) is 0 Å². The summed E-state index contributed by atoms with van der Waals surface area (Å²) in [6, 6.07) is 44.9. The minimum Gasteiger partial charge on any atom is -0.255 e. The molecule has 2 heterocycles. The molecule has 0 atom stereocenters. The highest BCUT2D eigenvalue weighted by atomic mass is 15.0. The Morgan fingerprint density at radius 3 is 1.36 bits per heavy atom. The first-order chi connectivity index (χ1) is 30.8. The Labute approximate surface area is 384 Å². The predicted molar refractivity (Wildman–Crippen MR) is 271 cm³/mol. The summed E-state index contributed by atoms with van der Waals surface area (Å²) in [4.78, 5) is 20.4. The molecule has 4 heteroatoms. The maximum Gasteiger partial charge on any atom is 0.165 e. The van der Waals surface area contributed by atoms with E-state index in [0.29, 0.717) is 17.5 Å².